The van der Waals surface area contributed by atoms with Gasteiger partial charge in [-0.1, -0.05) is 49.1 Å². The SMILES string of the molecule is CC(Cl)/C=C/C(=O)N(Cc1ccc(Cl)cc1)C1CCCCC1. The Kier molecular flexibility index (Phi) is 6.78. The van der Waals surface area contributed by atoms with Gasteiger partial charge in [0.15, 0.2) is 0 Å². The van der Waals surface area contributed by atoms with E-state index in [-0.39, 0.29) is 11.3 Å². The molecular formula is C18H23Cl2NO. The van der Waals surface area contributed by atoms with Crippen molar-refractivity contribution in [2.24, 2.45) is 0 Å². The van der Waals surface area contributed by atoms with Crippen molar-refractivity contribution in [1.29, 1.82) is 0 Å². The summed E-state index contributed by atoms with van der Waals surface area (Å²) in [6.07, 6.45) is 9.21. The van der Waals surface area contributed by atoms with Crippen molar-refractivity contribution in [3.8, 4) is 0 Å². The number of halogens is 2. The van der Waals surface area contributed by atoms with Gasteiger partial charge in [0, 0.05) is 29.1 Å². The maximum absolute atomic E-state index is 12.6. The molecule has 0 N–H and O–H groups in total. The average molecular weight is 340 g/mol. The number of alkyl halides is 1. The van der Waals surface area contributed by atoms with Crippen molar-refractivity contribution in [2.45, 2.75) is 57.0 Å². The summed E-state index contributed by atoms with van der Waals surface area (Å²) < 4.78 is 0. The maximum atomic E-state index is 12.6. The lowest BCUT2D eigenvalue weighted by Crippen LogP contribution is -2.40. The number of benzene rings is 1. The van der Waals surface area contributed by atoms with E-state index in [9.17, 15) is 4.79 Å². The molecule has 1 fully saturated rings. The van der Waals surface area contributed by atoms with Crippen LogP contribution in [0.2, 0.25) is 5.02 Å². The van der Waals surface area contributed by atoms with Crippen LogP contribution >= 0.6 is 23.2 Å². The zero-order valence-electron chi connectivity index (χ0n) is 13.0. The molecule has 2 rings (SSSR count). The molecule has 0 aromatic heterocycles. The summed E-state index contributed by atoms with van der Waals surface area (Å²) in [6, 6.07) is 8.04. The van der Waals surface area contributed by atoms with Crippen LogP contribution in [0.25, 0.3) is 0 Å². The summed E-state index contributed by atoms with van der Waals surface area (Å²) in [7, 11) is 0. The molecule has 22 heavy (non-hydrogen) atoms. The van der Waals surface area contributed by atoms with E-state index in [0.29, 0.717) is 12.6 Å². The van der Waals surface area contributed by atoms with Gasteiger partial charge in [-0.15, -0.1) is 11.6 Å². The first-order chi connectivity index (χ1) is 10.6. The molecule has 0 heterocycles. The molecule has 0 spiro atoms. The molecule has 1 atom stereocenters. The Morgan fingerprint density at radius 3 is 2.50 bits per heavy atom. The average Bonchev–Trinajstić information content (AvgIpc) is 2.53. The number of nitrogens with zero attached hydrogens (tertiary/aromatic N) is 1. The highest BCUT2D eigenvalue weighted by atomic mass is 35.5. The Morgan fingerprint density at radius 2 is 1.91 bits per heavy atom. The fraction of sp³-hybridized carbons (Fsp3) is 0.500. The van der Waals surface area contributed by atoms with Gasteiger partial charge in [-0.25, -0.2) is 0 Å². The van der Waals surface area contributed by atoms with Crippen molar-refractivity contribution < 1.29 is 4.79 Å². The first-order valence-corrected chi connectivity index (χ1v) is 8.75. The first-order valence-electron chi connectivity index (χ1n) is 7.93. The van der Waals surface area contributed by atoms with Gasteiger partial charge in [-0.05, 0) is 37.5 Å². The molecule has 0 bridgehead atoms. The number of hydrogen-bond acceptors (Lipinski definition) is 1. The van der Waals surface area contributed by atoms with Crippen molar-refractivity contribution >= 4 is 29.1 Å². The summed E-state index contributed by atoms with van der Waals surface area (Å²) in [6.45, 7) is 2.48. The molecule has 4 heteroatoms. The molecule has 0 radical (unpaired) electrons. The van der Waals surface area contributed by atoms with E-state index in [0.717, 1.165) is 23.4 Å². The number of hydrogen-bond donors (Lipinski definition) is 0. The maximum Gasteiger partial charge on any atom is 0.246 e. The molecule has 1 aromatic carbocycles. The lowest BCUT2D eigenvalue weighted by molar-refractivity contribution is -0.129. The third-order valence-electron chi connectivity index (χ3n) is 4.07. The third kappa shape index (κ3) is 5.33. The molecular weight excluding hydrogens is 317 g/mol. The highest BCUT2D eigenvalue weighted by Gasteiger charge is 2.24. The predicted molar refractivity (Wildman–Crippen MR) is 93.3 cm³/mol. The molecule has 1 aliphatic rings. The quantitative estimate of drug-likeness (QED) is 0.534. The van der Waals surface area contributed by atoms with Gasteiger partial charge >= 0.3 is 0 Å². The number of carbonyl (C=O) groups is 1. The van der Waals surface area contributed by atoms with E-state index in [2.05, 4.69) is 0 Å². The lowest BCUT2D eigenvalue weighted by Gasteiger charge is -2.34. The standard InChI is InChI=1S/C18H23Cl2NO/c1-14(19)7-12-18(22)21(17-5-3-2-4-6-17)13-15-8-10-16(20)11-9-15/h7-12,14,17H,2-6,13H2,1H3/b12-7+. The second-order valence-corrected chi connectivity index (χ2v) is 7.05. The molecule has 1 saturated carbocycles. The summed E-state index contributed by atoms with van der Waals surface area (Å²) >= 11 is 11.9. The van der Waals surface area contributed by atoms with Gasteiger partial charge in [-0.2, -0.15) is 0 Å². The Balaban J connectivity index is 2.12. The van der Waals surface area contributed by atoms with Crippen molar-refractivity contribution in [3.05, 3.63) is 47.0 Å². The summed E-state index contributed by atoms with van der Waals surface area (Å²) in [5.41, 5.74) is 1.11. The topological polar surface area (TPSA) is 20.3 Å². The number of allylic oxidation sites excluding steroid dienone is 1. The Hall–Kier alpha value is -0.990. The van der Waals surface area contributed by atoms with Crippen LogP contribution in [0.3, 0.4) is 0 Å². The van der Waals surface area contributed by atoms with Crippen LogP contribution in [-0.2, 0) is 11.3 Å². The zero-order chi connectivity index (χ0) is 15.9. The number of rotatable bonds is 5. The molecule has 0 aliphatic heterocycles. The van der Waals surface area contributed by atoms with Crippen LogP contribution in [0.1, 0.15) is 44.6 Å². The van der Waals surface area contributed by atoms with E-state index < -0.39 is 0 Å². The van der Waals surface area contributed by atoms with Crippen LogP contribution < -0.4 is 0 Å². The Morgan fingerprint density at radius 1 is 1.27 bits per heavy atom. The fourth-order valence-electron chi connectivity index (χ4n) is 2.88. The smallest absolute Gasteiger partial charge is 0.246 e. The van der Waals surface area contributed by atoms with Gasteiger partial charge in [-0.3, -0.25) is 4.79 Å². The monoisotopic (exact) mass is 339 g/mol. The van der Waals surface area contributed by atoms with E-state index in [1.54, 1.807) is 12.2 Å². The minimum atomic E-state index is -0.132. The second kappa shape index (κ2) is 8.59. The minimum absolute atomic E-state index is 0.0503. The number of carbonyl (C=O) groups excluding carboxylic acids is 1. The fourth-order valence-corrected chi connectivity index (χ4v) is 3.08. The van der Waals surface area contributed by atoms with Crippen LogP contribution in [0, 0.1) is 0 Å². The van der Waals surface area contributed by atoms with Gasteiger partial charge in [0.25, 0.3) is 0 Å². The molecule has 120 valence electrons. The van der Waals surface area contributed by atoms with Crippen LogP contribution in [0.4, 0.5) is 0 Å². The highest BCUT2D eigenvalue weighted by molar-refractivity contribution is 6.30. The molecule has 1 aromatic rings. The summed E-state index contributed by atoms with van der Waals surface area (Å²) in [5, 5.41) is 0.586. The van der Waals surface area contributed by atoms with E-state index >= 15 is 0 Å². The summed E-state index contributed by atoms with van der Waals surface area (Å²) in [5.74, 6) is 0.0503. The minimum Gasteiger partial charge on any atom is -0.332 e. The predicted octanol–water partition coefficient (Wildman–Crippen LogP) is 5.18. The molecule has 1 unspecified atom stereocenters. The first kappa shape index (κ1) is 17.4. The normalized spacial score (nSPS) is 17.6. The van der Waals surface area contributed by atoms with Crippen molar-refractivity contribution in [3.63, 3.8) is 0 Å². The molecule has 0 saturated heterocycles. The lowest BCUT2D eigenvalue weighted by atomic mass is 9.93. The number of amides is 1. The van der Waals surface area contributed by atoms with Crippen LogP contribution in [-0.4, -0.2) is 22.2 Å². The van der Waals surface area contributed by atoms with E-state index in [1.165, 1.54) is 19.3 Å². The molecule has 2 nitrogen and oxygen atoms in total. The summed E-state index contributed by atoms with van der Waals surface area (Å²) in [4.78, 5) is 14.6. The third-order valence-corrected chi connectivity index (χ3v) is 4.47. The highest BCUT2D eigenvalue weighted by Crippen LogP contribution is 2.25. The molecule has 1 amide bonds. The zero-order valence-corrected chi connectivity index (χ0v) is 14.5. The molecule has 1 aliphatic carbocycles. The van der Waals surface area contributed by atoms with Gasteiger partial charge in [0.2, 0.25) is 5.91 Å². The van der Waals surface area contributed by atoms with Crippen molar-refractivity contribution in [1.82, 2.24) is 4.90 Å². The van der Waals surface area contributed by atoms with Crippen LogP contribution in [0.5, 0.6) is 0 Å². The van der Waals surface area contributed by atoms with E-state index in [1.807, 2.05) is 36.1 Å². The Labute approximate surface area is 143 Å². The van der Waals surface area contributed by atoms with Gasteiger partial charge in [0.1, 0.15) is 0 Å². The second-order valence-electron chi connectivity index (χ2n) is 5.92. The van der Waals surface area contributed by atoms with E-state index in [4.69, 9.17) is 23.2 Å². The largest absolute Gasteiger partial charge is 0.332 e. The van der Waals surface area contributed by atoms with Gasteiger partial charge in [0.05, 0.1) is 0 Å². The Bertz CT molecular complexity index is 504. The van der Waals surface area contributed by atoms with Gasteiger partial charge < -0.3 is 4.90 Å². The van der Waals surface area contributed by atoms with Crippen molar-refractivity contribution in [2.75, 3.05) is 0 Å². The van der Waals surface area contributed by atoms with Crippen LogP contribution in [0.15, 0.2) is 36.4 Å².